The number of halogens is 1. The lowest BCUT2D eigenvalue weighted by molar-refractivity contribution is -0.384. The zero-order valence-corrected chi connectivity index (χ0v) is 14.6. The average molecular weight is 400 g/mol. The van der Waals surface area contributed by atoms with Crippen molar-refractivity contribution >= 4 is 38.0 Å². The van der Waals surface area contributed by atoms with E-state index in [1.165, 1.54) is 23.5 Å². The van der Waals surface area contributed by atoms with Crippen molar-refractivity contribution in [1.82, 2.24) is 0 Å². The molecule has 1 heterocycles. The van der Waals surface area contributed by atoms with Crippen molar-refractivity contribution < 1.29 is 4.92 Å². The van der Waals surface area contributed by atoms with Gasteiger partial charge in [0.25, 0.3) is 5.69 Å². The van der Waals surface area contributed by atoms with Crippen molar-refractivity contribution in [3.8, 4) is 27.6 Å². The lowest BCUT2D eigenvalue weighted by atomic mass is 9.98. The predicted molar refractivity (Wildman–Crippen MR) is 98.7 cm³/mol. The van der Waals surface area contributed by atoms with Crippen molar-refractivity contribution in [2.75, 3.05) is 5.73 Å². The van der Waals surface area contributed by atoms with E-state index in [9.17, 15) is 15.4 Å². The molecule has 3 rings (SSSR count). The number of anilines is 1. The summed E-state index contributed by atoms with van der Waals surface area (Å²) in [5.41, 5.74) is 8.87. The standard InChI is InChI=1S/C17H10BrN3O2S/c18-12-5-1-10(2-6-12)15-14(9-19)17(20)24-16(15)11-3-7-13(8-4-11)21(22)23/h1-8H,20H2. The lowest BCUT2D eigenvalue weighted by Crippen LogP contribution is -1.88. The SMILES string of the molecule is N#Cc1c(N)sc(-c2ccc([N+](=O)[O-])cc2)c1-c1ccc(Br)cc1. The van der Waals surface area contributed by atoms with E-state index in [1.54, 1.807) is 12.1 Å². The molecule has 2 N–H and O–H groups in total. The van der Waals surface area contributed by atoms with Crippen LogP contribution in [0.1, 0.15) is 5.56 Å². The van der Waals surface area contributed by atoms with E-state index in [2.05, 4.69) is 22.0 Å². The highest BCUT2D eigenvalue weighted by atomic mass is 79.9. The molecule has 0 amide bonds. The molecule has 0 aliphatic rings. The van der Waals surface area contributed by atoms with Crippen LogP contribution >= 0.6 is 27.3 Å². The van der Waals surface area contributed by atoms with Crippen LogP contribution in [0.2, 0.25) is 0 Å². The average Bonchev–Trinajstić information content (AvgIpc) is 2.92. The number of thiophene rings is 1. The molecule has 5 nitrogen and oxygen atoms in total. The molecule has 3 aromatic rings. The van der Waals surface area contributed by atoms with Crippen LogP contribution in [0.5, 0.6) is 0 Å². The summed E-state index contributed by atoms with van der Waals surface area (Å²) in [7, 11) is 0. The number of nitro benzene ring substituents is 1. The number of rotatable bonds is 3. The summed E-state index contributed by atoms with van der Waals surface area (Å²) in [6.07, 6.45) is 0. The highest BCUT2D eigenvalue weighted by Crippen LogP contribution is 2.44. The highest BCUT2D eigenvalue weighted by Gasteiger charge is 2.20. The first-order chi connectivity index (χ1) is 11.5. The van der Waals surface area contributed by atoms with Crippen LogP contribution in [0.4, 0.5) is 10.7 Å². The van der Waals surface area contributed by atoms with Crippen molar-refractivity contribution in [2.45, 2.75) is 0 Å². The van der Waals surface area contributed by atoms with Crippen LogP contribution in [0.15, 0.2) is 53.0 Å². The van der Waals surface area contributed by atoms with Gasteiger partial charge >= 0.3 is 0 Å². The second-order valence-corrected chi connectivity index (χ2v) is 6.94. The molecule has 0 saturated heterocycles. The Morgan fingerprint density at radius 3 is 2.21 bits per heavy atom. The van der Waals surface area contributed by atoms with Crippen molar-refractivity contribution in [3.63, 3.8) is 0 Å². The maximum Gasteiger partial charge on any atom is 0.269 e. The molecule has 0 bridgehead atoms. The van der Waals surface area contributed by atoms with Crippen LogP contribution in [0.3, 0.4) is 0 Å². The van der Waals surface area contributed by atoms with Gasteiger partial charge in [-0.3, -0.25) is 10.1 Å². The summed E-state index contributed by atoms with van der Waals surface area (Å²) in [5, 5.41) is 20.7. The zero-order valence-electron chi connectivity index (χ0n) is 12.2. The molecule has 0 radical (unpaired) electrons. The van der Waals surface area contributed by atoms with Gasteiger partial charge in [0.1, 0.15) is 11.1 Å². The number of nitrogen functional groups attached to an aromatic ring is 1. The molecular formula is C17H10BrN3O2S. The molecule has 0 fully saturated rings. The Balaban J connectivity index is 2.20. The van der Waals surface area contributed by atoms with Crippen molar-refractivity contribution in [2.24, 2.45) is 0 Å². The van der Waals surface area contributed by atoms with E-state index in [0.717, 1.165) is 26.0 Å². The smallest absolute Gasteiger partial charge is 0.269 e. The Morgan fingerprint density at radius 1 is 1.08 bits per heavy atom. The minimum atomic E-state index is -0.442. The Hall–Kier alpha value is -2.69. The summed E-state index contributed by atoms with van der Waals surface area (Å²) in [4.78, 5) is 11.2. The van der Waals surface area contributed by atoms with Gasteiger partial charge in [0.15, 0.2) is 0 Å². The minimum absolute atomic E-state index is 0.0222. The van der Waals surface area contributed by atoms with E-state index in [-0.39, 0.29) is 5.69 Å². The molecule has 0 unspecified atom stereocenters. The summed E-state index contributed by atoms with van der Waals surface area (Å²) < 4.78 is 0.935. The number of benzene rings is 2. The number of nitrogens with zero attached hydrogens (tertiary/aromatic N) is 2. The third-order valence-corrected chi connectivity index (χ3v) is 5.12. The van der Waals surface area contributed by atoms with Crippen LogP contribution in [-0.4, -0.2) is 4.92 Å². The monoisotopic (exact) mass is 399 g/mol. The van der Waals surface area contributed by atoms with Gasteiger partial charge in [-0.15, -0.1) is 11.3 Å². The van der Waals surface area contributed by atoms with Crippen LogP contribution in [0, 0.1) is 21.4 Å². The van der Waals surface area contributed by atoms with Gasteiger partial charge < -0.3 is 5.73 Å². The molecule has 24 heavy (non-hydrogen) atoms. The van der Waals surface area contributed by atoms with Gasteiger partial charge in [-0.2, -0.15) is 5.26 Å². The first-order valence-corrected chi connectivity index (χ1v) is 8.45. The summed E-state index contributed by atoms with van der Waals surface area (Å²) in [5.74, 6) is 0. The van der Waals surface area contributed by atoms with Crippen molar-refractivity contribution in [1.29, 1.82) is 5.26 Å². The number of hydrogen-bond acceptors (Lipinski definition) is 5. The Bertz CT molecular complexity index is 957. The molecule has 0 spiro atoms. The number of nitrogens with two attached hydrogens (primary N) is 1. The van der Waals surface area contributed by atoms with Gasteiger partial charge in [-0.25, -0.2) is 0 Å². The third kappa shape index (κ3) is 2.89. The summed E-state index contributed by atoms with van der Waals surface area (Å²) in [6.45, 7) is 0. The van der Waals surface area contributed by atoms with Crippen LogP contribution in [0.25, 0.3) is 21.6 Å². The topological polar surface area (TPSA) is 93.0 Å². The molecular weight excluding hydrogens is 390 g/mol. The second kappa shape index (κ2) is 6.43. The first-order valence-electron chi connectivity index (χ1n) is 6.84. The van der Waals surface area contributed by atoms with Gasteiger partial charge in [0, 0.05) is 27.0 Å². The molecule has 0 atom stereocenters. The van der Waals surface area contributed by atoms with Gasteiger partial charge in [-0.1, -0.05) is 28.1 Å². The fourth-order valence-corrected chi connectivity index (χ4v) is 3.70. The van der Waals surface area contributed by atoms with E-state index >= 15 is 0 Å². The molecule has 7 heteroatoms. The number of hydrogen-bond donors (Lipinski definition) is 1. The Morgan fingerprint density at radius 2 is 1.67 bits per heavy atom. The number of nitro groups is 1. The van der Waals surface area contributed by atoms with Gasteiger partial charge in [-0.05, 0) is 35.4 Å². The van der Waals surface area contributed by atoms with E-state index < -0.39 is 4.92 Å². The molecule has 0 saturated carbocycles. The predicted octanol–water partition coefficient (Wildman–Crippen LogP) is 5.21. The van der Waals surface area contributed by atoms with Gasteiger partial charge in [0.05, 0.1) is 10.5 Å². The first kappa shape index (κ1) is 16.2. The maximum atomic E-state index is 10.8. The molecule has 118 valence electrons. The Kier molecular flexibility index (Phi) is 4.34. The van der Waals surface area contributed by atoms with Crippen LogP contribution in [-0.2, 0) is 0 Å². The van der Waals surface area contributed by atoms with Crippen LogP contribution < -0.4 is 5.73 Å². The minimum Gasteiger partial charge on any atom is -0.389 e. The summed E-state index contributed by atoms with van der Waals surface area (Å²) >= 11 is 4.70. The van der Waals surface area contributed by atoms with E-state index in [4.69, 9.17) is 5.73 Å². The molecule has 0 aliphatic heterocycles. The maximum absolute atomic E-state index is 10.8. The molecule has 2 aromatic carbocycles. The fourth-order valence-electron chi connectivity index (χ4n) is 2.39. The van der Waals surface area contributed by atoms with Crippen molar-refractivity contribution in [3.05, 3.63) is 68.7 Å². The summed E-state index contributed by atoms with van der Waals surface area (Å²) in [6, 6.07) is 16.0. The highest BCUT2D eigenvalue weighted by molar-refractivity contribution is 9.10. The molecule has 1 aromatic heterocycles. The van der Waals surface area contributed by atoms with E-state index in [0.29, 0.717) is 10.6 Å². The van der Waals surface area contributed by atoms with E-state index in [1.807, 2.05) is 24.3 Å². The van der Waals surface area contributed by atoms with Gasteiger partial charge in [0.2, 0.25) is 0 Å². The Labute approximate surface area is 150 Å². The second-order valence-electron chi connectivity index (χ2n) is 4.97. The normalized spacial score (nSPS) is 10.3. The lowest BCUT2D eigenvalue weighted by Gasteiger charge is -2.06. The molecule has 0 aliphatic carbocycles. The largest absolute Gasteiger partial charge is 0.389 e. The zero-order chi connectivity index (χ0) is 17.3. The number of nitriles is 1. The fraction of sp³-hybridized carbons (Fsp3) is 0. The number of non-ortho nitro benzene ring substituents is 1. The third-order valence-electron chi connectivity index (χ3n) is 3.52. The quantitative estimate of drug-likeness (QED) is 0.483.